The molecule has 3 nitrogen and oxygen atoms in total. The zero-order valence-electron chi connectivity index (χ0n) is 6.47. The van der Waals surface area contributed by atoms with E-state index in [4.69, 9.17) is 16.2 Å². The van der Waals surface area contributed by atoms with E-state index in [2.05, 4.69) is 0 Å². The normalized spacial score (nSPS) is 11.5. The van der Waals surface area contributed by atoms with Crippen molar-refractivity contribution in [2.24, 2.45) is 0 Å². The average Bonchev–Trinajstić information content (AvgIpc) is 2.02. The van der Waals surface area contributed by atoms with E-state index in [9.17, 15) is 8.42 Å². The van der Waals surface area contributed by atoms with Gasteiger partial charge in [-0.3, -0.25) is 4.55 Å². The summed E-state index contributed by atoms with van der Waals surface area (Å²) in [4.78, 5) is 0.752. The number of halogens is 1. The molecule has 0 heterocycles. The molecule has 0 fully saturated rings. The molecule has 1 aromatic carbocycles. The Kier molecular flexibility index (Phi) is 3.61. The van der Waals surface area contributed by atoms with Crippen LogP contribution in [-0.2, 0) is 10.1 Å². The van der Waals surface area contributed by atoms with E-state index in [1.165, 1.54) is 0 Å². The Balaban J connectivity index is 2.61. The molecule has 0 saturated heterocycles. The Bertz CT molecular complexity index is 371. The van der Waals surface area contributed by atoms with Crippen LogP contribution in [0.25, 0.3) is 0 Å². The summed E-state index contributed by atoms with van der Waals surface area (Å²) in [5.41, 5.74) is 0. The van der Waals surface area contributed by atoms with Gasteiger partial charge in [-0.1, -0.05) is 11.6 Å². The van der Waals surface area contributed by atoms with Gasteiger partial charge in [0.15, 0.2) is 0 Å². The maximum Gasteiger partial charge on any atom is 0.274 e. The first kappa shape index (κ1) is 10.8. The Labute approximate surface area is 85.9 Å². The van der Waals surface area contributed by atoms with Gasteiger partial charge in [-0.05, 0) is 24.3 Å². The van der Waals surface area contributed by atoms with Crippen molar-refractivity contribution in [1.82, 2.24) is 0 Å². The fraction of sp³-hybridized carbons (Fsp3) is 0.143. The third kappa shape index (κ3) is 4.52. The van der Waals surface area contributed by atoms with Gasteiger partial charge in [-0.25, -0.2) is 0 Å². The number of benzene rings is 1. The minimum atomic E-state index is -3.90. The molecule has 0 aromatic heterocycles. The molecule has 1 aromatic rings. The van der Waals surface area contributed by atoms with Gasteiger partial charge in [0.25, 0.3) is 10.1 Å². The highest BCUT2D eigenvalue weighted by Crippen LogP contribution is 2.21. The van der Waals surface area contributed by atoms with Crippen molar-refractivity contribution in [2.75, 3.05) is 5.08 Å². The zero-order valence-corrected chi connectivity index (χ0v) is 8.86. The summed E-state index contributed by atoms with van der Waals surface area (Å²) in [7, 11) is -3.90. The van der Waals surface area contributed by atoms with Crippen LogP contribution in [0.1, 0.15) is 0 Å². The van der Waals surface area contributed by atoms with Crippen LogP contribution in [0.4, 0.5) is 0 Å². The Morgan fingerprint density at radius 3 is 2.31 bits per heavy atom. The molecule has 0 aliphatic carbocycles. The van der Waals surface area contributed by atoms with Gasteiger partial charge in [0, 0.05) is 9.92 Å². The molecule has 0 amide bonds. The summed E-state index contributed by atoms with van der Waals surface area (Å²) in [6, 6.07) is 6.71. The van der Waals surface area contributed by atoms with E-state index in [0.717, 1.165) is 16.7 Å². The van der Waals surface area contributed by atoms with E-state index < -0.39 is 10.1 Å². The standard InChI is InChI=1S/C7H7ClO3S2/c8-6-1-3-7(4-2-6)12-5-13(9,10)11/h1-4H,5H2,(H,9,10,11). The fourth-order valence-corrected chi connectivity index (χ4v) is 2.27. The predicted octanol–water partition coefficient (Wildman–Crippen LogP) is 2.28. The first-order valence-electron chi connectivity index (χ1n) is 3.31. The molecular formula is C7H7ClO3S2. The molecule has 0 aliphatic heterocycles. The second-order valence-electron chi connectivity index (χ2n) is 2.30. The SMILES string of the molecule is O=S(=O)(O)CSc1ccc(Cl)cc1. The van der Waals surface area contributed by atoms with Crippen molar-refractivity contribution in [3.63, 3.8) is 0 Å². The monoisotopic (exact) mass is 238 g/mol. The highest BCUT2D eigenvalue weighted by atomic mass is 35.5. The third-order valence-corrected chi connectivity index (χ3v) is 3.71. The smallest absolute Gasteiger partial charge is 0.274 e. The number of hydrogen-bond donors (Lipinski definition) is 1. The third-order valence-electron chi connectivity index (χ3n) is 1.19. The molecule has 13 heavy (non-hydrogen) atoms. The van der Waals surface area contributed by atoms with Gasteiger partial charge in [0.1, 0.15) is 5.08 Å². The first-order chi connectivity index (χ1) is 5.97. The van der Waals surface area contributed by atoms with Crippen LogP contribution in [0.15, 0.2) is 29.2 Å². The summed E-state index contributed by atoms with van der Waals surface area (Å²) >= 11 is 6.66. The molecule has 0 unspecified atom stereocenters. The molecule has 0 atom stereocenters. The van der Waals surface area contributed by atoms with Crippen LogP contribution in [0, 0.1) is 0 Å². The second-order valence-corrected chi connectivity index (χ2v) is 5.60. The largest absolute Gasteiger partial charge is 0.285 e. The lowest BCUT2D eigenvalue weighted by molar-refractivity contribution is 0.489. The first-order valence-corrected chi connectivity index (χ1v) is 6.28. The van der Waals surface area contributed by atoms with Crippen molar-refractivity contribution in [3.05, 3.63) is 29.3 Å². The van der Waals surface area contributed by atoms with Crippen LogP contribution in [0.3, 0.4) is 0 Å². The van der Waals surface area contributed by atoms with E-state index in [1.54, 1.807) is 24.3 Å². The molecule has 0 saturated carbocycles. The summed E-state index contributed by atoms with van der Waals surface area (Å²) in [6.45, 7) is 0. The topological polar surface area (TPSA) is 54.4 Å². The van der Waals surface area contributed by atoms with Gasteiger partial charge in [-0.15, -0.1) is 11.8 Å². The maximum atomic E-state index is 10.4. The van der Waals surface area contributed by atoms with Gasteiger partial charge >= 0.3 is 0 Å². The Morgan fingerprint density at radius 2 is 1.85 bits per heavy atom. The lowest BCUT2D eigenvalue weighted by Crippen LogP contribution is -1.99. The van der Waals surface area contributed by atoms with Crippen LogP contribution in [0.5, 0.6) is 0 Å². The molecule has 6 heteroatoms. The van der Waals surface area contributed by atoms with Crippen LogP contribution >= 0.6 is 23.4 Å². The maximum absolute atomic E-state index is 10.4. The van der Waals surface area contributed by atoms with Crippen molar-refractivity contribution in [3.8, 4) is 0 Å². The minimum Gasteiger partial charge on any atom is -0.285 e. The van der Waals surface area contributed by atoms with Gasteiger partial charge < -0.3 is 0 Å². The van der Waals surface area contributed by atoms with E-state index in [-0.39, 0.29) is 5.08 Å². The van der Waals surface area contributed by atoms with Gasteiger partial charge in [0.05, 0.1) is 0 Å². The fourth-order valence-electron chi connectivity index (χ4n) is 0.673. The molecule has 0 aliphatic rings. The van der Waals surface area contributed by atoms with Crippen LogP contribution in [-0.4, -0.2) is 18.1 Å². The van der Waals surface area contributed by atoms with E-state index in [1.807, 2.05) is 0 Å². The highest BCUT2D eigenvalue weighted by molar-refractivity contribution is 8.10. The number of rotatable bonds is 3. The van der Waals surface area contributed by atoms with E-state index >= 15 is 0 Å². The van der Waals surface area contributed by atoms with Crippen molar-refractivity contribution in [2.45, 2.75) is 4.90 Å². The number of thioether (sulfide) groups is 1. The van der Waals surface area contributed by atoms with Gasteiger partial charge in [0.2, 0.25) is 0 Å². The molecular weight excluding hydrogens is 232 g/mol. The van der Waals surface area contributed by atoms with E-state index in [0.29, 0.717) is 5.02 Å². The summed E-state index contributed by atoms with van der Waals surface area (Å²) < 4.78 is 29.2. The molecule has 72 valence electrons. The zero-order chi connectivity index (χ0) is 9.90. The minimum absolute atomic E-state index is 0.339. The van der Waals surface area contributed by atoms with Gasteiger partial charge in [-0.2, -0.15) is 8.42 Å². The lowest BCUT2D eigenvalue weighted by Gasteiger charge is -1.98. The van der Waals surface area contributed by atoms with Crippen LogP contribution in [0.2, 0.25) is 5.02 Å². The molecule has 0 bridgehead atoms. The summed E-state index contributed by atoms with van der Waals surface area (Å²) in [5.74, 6) is 0. The second kappa shape index (κ2) is 4.32. The number of hydrogen-bond acceptors (Lipinski definition) is 3. The summed E-state index contributed by atoms with van der Waals surface area (Å²) in [6.07, 6.45) is 0. The van der Waals surface area contributed by atoms with Crippen LogP contribution < -0.4 is 0 Å². The average molecular weight is 239 g/mol. The Hall–Kier alpha value is -0.230. The van der Waals surface area contributed by atoms with Crippen molar-refractivity contribution in [1.29, 1.82) is 0 Å². The van der Waals surface area contributed by atoms with Crippen molar-refractivity contribution < 1.29 is 13.0 Å². The summed E-state index contributed by atoms with van der Waals surface area (Å²) in [5, 5.41) is 0.255. The molecule has 0 spiro atoms. The quantitative estimate of drug-likeness (QED) is 0.649. The Morgan fingerprint density at radius 1 is 1.31 bits per heavy atom. The highest BCUT2D eigenvalue weighted by Gasteiger charge is 2.04. The van der Waals surface area contributed by atoms with Crippen molar-refractivity contribution >= 4 is 33.5 Å². The lowest BCUT2D eigenvalue weighted by atomic mass is 10.4. The molecule has 1 rings (SSSR count). The predicted molar refractivity (Wildman–Crippen MR) is 53.7 cm³/mol. The molecule has 1 N–H and O–H groups in total. The molecule has 0 radical (unpaired) electrons.